The van der Waals surface area contributed by atoms with Gasteiger partial charge in [-0.05, 0) is 24.6 Å². The van der Waals surface area contributed by atoms with Gasteiger partial charge in [-0.3, -0.25) is 0 Å². The molecule has 20 heavy (non-hydrogen) atoms. The average Bonchev–Trinajstić information content (AvgIpc) is 2.97. The molecule has 1 aromatic rings. The molecule has 0 aromatic heterocycles. The summed E-state index contributed by atoms with van der Waals surface area (Å²) in [5, 5.41) is -0.311. The van der Waals surface area contributed by atoms with E-state index in [9.17, 15) is 13.2 Å². The van der Waals surface area contributed by atoms with E-state index in [0.29, 0.717) is 25.1 Å². The van der Waals surface area contributed by atoms with Gasteiger partial charge in [-0.1, -0.05) is 13.0 Å². The van der Waals surface area contributed by atoms with Gasteiger partial charge in [0, 0.05) is 24.5 Å². The minimum Gasteiger partial charge on any atom is -0.465 e. The summed E-state index contributed by atoms with van der Waals surface area (Å²) in [6.07, 6.45) is 0.638. The fourth-order valence-electron chi connectivity index (χ4n) is 2.44. The third kappa shape index (κ3) is 2.95. The normalized spacial score (nSPS) is 19.1. The molecule has 0 spiro atoms. The lowest BCUT2D eigenvalue weighted by Gasteiger charge is -2.19. The summed E-state index contributed by atoms with van der Waals surface area (Å²) < 4.78 is 28.5. The van der Waals surface area contributed by atoms with Crippen LogP contribution in [0.25, 0.3) is 0 Å². The van der Waals surface area contributed by atoms with Crippen molar-refractivity contribution in [2.75, 3.05) is 30.9 Å². The minimum atomic E-state index is -3.00. The van der Waals surface area contributed by atoms with Crippen LogP contribution >= 0.6 is 0 Å². The molecule has 0 saturated carbocycles. The molecule has 0 radical (unpaired) electrons. The average molecular weight is 297 g/mol. The minimum absolute atomic E-state index is 0.174. The first-order valence-corrected chi connectivity index (χ1v) is 8.34. The Morgan fingerprint density at radius 1 is 1.45 bits per heavy atom. The number of carbonyl (C=O) groups excluding carboxylic acids is 1. The molecule has 0 aliphatic carbocycles. The van der Waals surface area contributed by atoms with Crippen molar-refractivity contribution >= 4 is 21.5 Å². The van der Waals surface area contributed by atoms with Crippen LogP contribution < -0.4 is 4.90 Å². The first-order valence-electron chi connectivity index (χ1n) is 6.63. The Morgan fingerprint density at radius 2 is 2.20 bits per heavy atom. The summed E-state index contributed by atoms with van der Waals surface area (Å²) in [5.74, 6) is -0.211. The van der Waals surface area contributed by atoms with E-state index in [4.69, 9.17) is 4.74 Å². The second-order valence-electron chi connectivity index (χ2n) is 4.85. The van der Waals surface area contributed by atoms with Crippen LogP contribution in [0.2, 0.25) is 0 Å². The second kappa shape index (κ2) is 5.83. The third-order valence-corrected chi connectivity index (χ3v) is 5.89. The Morgan fingerprint density at radius 3 is 2.85 bits per heavy atom. The number of anilines is 1. The standard InChI is InChI=1S/C14H19NO4S/c1-3-20(17,18)13-7-8-15(10-13)12-6-4-5-11(9-12)14(16)19-2/h4-6,9,13H,3,7-8,10H2,1-2H3. The maximum atomic E-state index is 11.9. The van der Waals surface area contributed by atoms with E-state index in [1.807, 2.05) is 11.0 Å². The van der Waals surface area contributed by atoms with Gasteiger partial charge in [0.15, 0.2) is 9.84 Å². The van der Waals surface area contributed by atoms with Gasteiger partial charge in [0.1, 0.15) is 0 Å². The van der Waals surface area contributed by atoms with E-state index < -0.39 is 9.84 Å². The Kier molecular flexibility index (Phi) is 4.32. The van der Waals surface area contributed by atoms with E-state index in [-0.39, 0.29) is 17.0 Å². The molecule has 2 rings (SSSR count). The molecule has 1 heterocycles. The van der Waals surface area contributed by atoms with Crippen LogP contribution in [0.15, 0.2) is 24.3 Å². The molecule has 1 aliphatic rings. The van der Waals surface area contributed by atoms with E-state index in [2.05, 4.69) is 0 Å². The largest absolute Gasteiger partial charge is 0.465 e. The highest BCUT2D eigenvalue weighted by molar-refractivity contribution is 7.92. The second-order valence-corrected chi connectivity index (χ2v) is 7.42. The van der Waals surface area contributed by atoms with Crippen molar-refractivity contribution in [3.8, 4) is 0 Å². The molecule has 0 amide bonds. The number of ether oxygens (including phenoxy) is 1. The Bertz CT molecular complexity index is 597. The van der Waals surface area contributed by atoms with E-state index in [0.717, 1.165) is 5.69 Å². The summed E-state index contributed by atoms with van der Waals surface area (Å²) in [5.41, 5.74) is 1.34. The highest BCUT2D eigenvalue weighted by Crippen LogP contribution is 2.25. The first-order chi connectivity index (χ1) is 9.47. The highest BCUT2D eigenvalue weighted by atomic mass is 32.2. The predicted molar refractivity (Wildman–Crippen MR) is 77.9 cm³/mol. The molecule has 1 aliphatic heterocycles. The highest BCUT2D eigenvalue weighted by Gasteiger charge is 2.32. The van der Waals surface area contributed by atoms with Gasteiger partial charge in [0.2, 0.25) is 0 Å². The van der Waals surface area contributed by atoms with E-state index >= 15 is 0 Å². The van der Waals surface area contributed by atoms with Gasteiger partial charge in [-0.2, -0.15) is 0 Å². The molecule has 110 valence electrons. The summed E-state index contributed by atoms with van der Waals surface area (Å²) in [6, 6.07) is 7.09. The van der Waals surface area contributed by atoms with Crippen LogP contribution in [-0.2, 0) is 14.6 Å². The summed E-state index contributed by atoms with van der Waals surface area (Å²) in [6.45, 7) is 2.85. The SMILES string of the molecule is CCS(=O)(=O)C1CCN(c2cccc(C(=O)OC)c2)C1. The van der Waals surface area contributed by atoms with E-state index in [1.54, 1.807) is 25.1 Å². The fraction of sp³-hybridized carbons (Fsp3) is 0.500. The van der Waals surface area contributed by atoms with Gasteiger partial charge in [-0.25, -0.2) is 13.2 Å². The molecule has 1 aromatic carbocycles. The lowest BCUT2D eigenvalue weighted by molar-refractivity contribution is 0.0601. The van der Waals surface area contributed by atoms with Crippen LogP contribution in [0.1, 0.15) is 23.7 Å². The van der Waals surface area contributed by atoms with Crippen LogP contribution in [0, 0.1) is 0 Å². The quantitative estimate of drug-likeness (QED) is 0.788. The summed E-state index contributed by atoms with van der Waals surface area (Å²) in [7, 11) is -1.66. The fourth-order valence-corrected chi connectivity index (χ4v) is 3.78. The van der Waals surface area contributed by atoms with E-state index in [1.165, 1.54) is 7.11 Å². The van der Waals surface area contributed by atoms with Crippen LogP contribution in [0.5, 0.6) is 0 Å². The molecule has 0 N–H and O–H groups in total. The molecule has 1 unspecified atom stereocenters. The third-order valence-electron chi connectivity index (χ3n) is 3.69. The number of rotatable bonds is 4. The monoisotopic (exact) mass is 297 g/mol. The maximum Gasteiger partial charge on any atom is 0.337 e. The van der Waals surface area contributed by atoms with Crippen molar-refractivity contribution in [2.24, 2.45) is 0 Å². The zero-order chi connectivity index (χ0) is 14.8. The van der Waals surface area contributed by atoms with Crippen molar-refractivity contribution in [1.82, 2.24) is 0 Å². The van der Waals surface area contributed by atoms with Crippen molar-refractivity contribution in [3.05, 3.63) is 29.8 Å². The summed E-state index contributed by atoms with van der Waals surface area (Å²) >= 11 is 0. The zero-order valence-corrected chi connectivity index (χ0v) is 12.5. The smallest absolute Gasteiger partial charge is 0.337 e. The Labute approximate surface area is 119 Å². The number of nitrogens with zero attached hydrogens (tertiary/aromatic N) is 1. The molecule has 1 saturated heterocycles. The molecule has 0 bridgehead atoms. The Balaban J connectivity index is 2.16. The van der Waals surface area contributed by atoms with Crippen LogP contribution in [0.4, 0.5) is 5.69 Å². The first kappa shape index (κ1) is 14.8. The molecule has 1 atom stereocenters. The van der Waals surface area contributed by atoms with Gasteiger partial charge < -0.3 is 9.64 Å². The van der Waals surface area contributed by atoms with Crippen molar-refractivity contribution in [3.63, 3.8) is 0 Å². The number of carbonyl (C=O) groups is 1. The zero-order valence-electron chi connectivity index (χ0n) is 11.7. The van der Waals surface area contributed by atoms with Gasteiger partial charge in [-0.15, -0.1) is 0 Å². The van der Waals surface area contributed by atoms with Crippen molar-refractivity contribution < 1.29 is 17.9 Å². The van der Waals surface area contributed by atoms with Crippen molar-refractivity contribution in [1.29, 1.82) is 0 Å². The van der Waals surface area contributed by atoms with Crippen molar-refractivity contribution in [2.45, 2.75) is 18.6 Å². The van der Waals surface area contributed by atoms with Gasteiger partial charge >= 0.3 is 5.97 Å². The number of methoxy groups -OCH3 is 1. The number of benzene rings is 1. The molecular formula is C14H19NO4S. The molecule has 1 fully saturated rings. The topological polar surface area (TPSA) is 63.7 Å². The van der Waals surface area contributed by atoms with Crippen LogP contribution in [0.3, 0.4) is 0 Å². The molecular weight excluding hydrogens is 278 g/mol. The maximum absolute atomic E-state index is 11.9. The predicted octanol–water partition coefficient (Wildman–Crippen LogP) is 1.49. The number of hydrogen-bond acceptors (Lipinski definition) is 5. The van der Waals surface area contributed by atoms with Gasteiger partial charge in [0.25, 0.3) is 0 Å². The van der Waals surface area contributed by atoms with Gasteiger partial charge in [0.05, 0.1) is 17.9 Å². The number of hydrogen-bond donors (Lipinski definition) is 0. The lowest BCUT2D eigenvalue weighted by Crippen LogP contribution is -2.28. The lowest BCUT2D eigenvalue weighted by atomic mass is 10.2. The van der Waals surface area contributed by atoms with Crippen LogP contribution in [-0.4, -0.2) is 45.6 Å². The number of esters is 1. The Hall–Kier alpha value is -1.56. The number of sulfone groups is 1. The molecule has 5 nitrogen and oxygen atoms in total. The summed E-state index contributed by atoms with van der Waals surface area (Å²) in [4.78, 5) is 13.5. The molecule has 6 heteroatoms.